The molecule has 2 saturated heterocycles. The number of nitrogens with one attached hydrogen (secondary N) is 1. The fourth-order valence-electron chi connectivity index (χ4n) is 4.59. The quantitative estimate of drug-likeness (QED) is 0.819. The first-order valence-electron chi connectivity index (χ1n) is 9.03. The van der Waals surface area contributed by atoms with Crippen molar-refractivity contribution >= 4 is 17.5 Å². The van der Waals surface area contributed by atoms with Gasteiger partial charge in [0.25, 0.3) is 0 Å². The van der Waals surface area contributed by atoms with Crippen LogP contribution in [0.2, 0.25) is 0 Å². The molecule has 1 saturated carbocycles. The van der Waals surface area contributed by atoms with Crippen LogP contribution in [-0.2, 0) is 14.3 Å². The number of benzene rings is 1. The third-order valence-corrected chi connectivity index (χ3v) is 5.99. The van der Waals surface area contributed by atoms with Gasteiger partial charge >= 0.3 is 0 Å². The van der Waals surface area contributed by atoms with Gasteiger partial charge in [-0.3, -0.25) is 9.59 Å². The molecule has 2 amide bonds. The number of anilines is 1. The van der Waals surface area contributed by atoms with E-state index in [-0.39, 0.29) is 30.8 Å². The van der Waals surface area contributed by atoms with E-state index in [0.717, 1.165) is 18.5 Å². The Balaban J connectivity index is 1.33. The third-order valence-electron chi connectivity index (χ3n) is 5.99. The van der Waals surface area contributed by atoms with Gasteiger partial charge in [-0.1, -0.05) is 12.2 Å². The Bertz CT molecular complexity index is 863. The minimum Gasteiger partial charge on any atom is -0.454 e. The van der Waals surface area contributed by atoms with Gasteiger partial charge in [0.1, 0.15) is 5.60 Å². The van der Waals surface area contributed by atoms with Crippen LogP contribution in [0.15, 0.2) is 30.4 Å². The molecule has 4 heterocycles. The maximum Gasteiger partial charge on any atom is 0.234 e. The number of hydrogen-bond acceptors (Lipinski definition) is 5. The van der Waals surface area contributed by atoms with Gasteiger partial charge in [0, 0.05) is 17.8 Å². The second-order valence-electron chi connectivity index (χ2n) is 7.64. The van der Waals surface area contributed by atoms with E-state index in [4.69, 9.17) is 14.2 Å². The van der Waals surface area contributed by atoms with Gasteiger partial charge in [-0.25, -0.2) is 0 Å². The zero-order valence-corrected chi connectivity index (χ0v) is 14.0. The van der Waals surface area contributed by atoms with Crippen LogP contribution in [0, 0.1) is 11.8 Å². The van der Waals surface area contributed by atoms with Crippen LogP contribution >= 0.6 is 0 Å². The number of rotatable bonds is 3. The number of fused-ring (bicyclic) bond motifs is 2. The topological polar surface area (TPSA) is 77.1 Å². The third kappa shape index (κ3) is 1.86. The lowest BCUT2D eigenvalue weighted by Gasteiger charge is -2.23. The highest BCUT2D eigenvalue weighted by molar-refractivity contribution is 6.03. The molecule has 1 aliphatic carbocycles. The van der Waals surface area contributed by atoms with E-state index in [0.29, 0.717) is 18.0 Å². The van der Waals surface area contributed by atoms with Crippen LogP contribution in [0.25, 0.3) is 0 Å². The van der Waals surface area contributed by atoms with Crippen LogP contribution in [0.1, 0.15) is 12.8 Å². The molecule has 1 spiro atoms. The van der Waals surface area contributed by atoms with Crippen molar-refractivity contribution in [1.82, 2.24) is 5.32 Å². The molecule has 134 valence electrons. The molecule has 4 atom stereocenters. The summed E-state index contributed by atoms with van der Waals surface area (Å²) < 4.78 is 16.9. The zero-order valence-electron chi connectivity index (χ0n) is 14.0. The number of carbonyl (C=O) groups excluding carboxylic acids is 2. The highest BCUT2D eigenvalue weighted by atomic mass is 16.7. The molecule has 0 unspecified atom stereocenters. The summed E-state index contributed by atoms with van der Waals surface area (Å²) >= 11 is 0. The molecule has 7 heteroatoms. The van der Waals surface area contributed by atoms with E-state index >= 15 is 0 Å². The van der Waals surface area contributed by atoms with Crippen molar-refractivity contribution in [2.75, 3.05) is 18.2 Å². The summed E-state index contributed by atoms with van der Waals surface area (Å²) in [7, 11) is 0. The van der Waals surface area contributed by atoms with Crippen LogP contribution in [-0.4, -0.2) is 42.9 Å². The maximum absolute atomic E-state index is 13.2. The smallest absolute Gasteiger partial charge is 0.234 e. The van der Waals surface area contributed by atoms with Crippen molar-refractivity contribution in [2.24, 2.45) is 11.8 Å². The van der Waals surface area contributed by atoms with Gasteiger partial charge in [-0.2, -0.15) is 0 Å². The standard InChI is InChI=1S/C19H18N2O5/c22-17(20-10-1-2-10)15-13-5-6-19(26-13)8-21(18(23)16(15)19)11-3-4-12-14(7-11)25-9-24-12/h3-7,10,13,15-16H,1-2,8-9H2,(H,20,22)/t13-,15-,16+,19-/m0/s1. The second-order valence-corrected chi connectivity index (χ2v) is 7.64. The molecule has 7 nitrogen and oxygen atoms in total. The number of nitrogens with zero attached hydrogens (tertiary/aromatic N) is 1. The van der Waals surface area contributed by atoms with Crippen LogP contribution in [0.4, 0.5) is 5.69 Å². The number of hydrogen-bond donors (Lipinski definition) is 1. The molecular weight excluding hydrogens is 336 g/mol. The van der Waals surface area contributed by atoms with Gasteiger partial charge in [-0.05, 0) is 25.0 Å². The monoisotopic (exact) mass is 354 g/mol. The van der Waals surface area contributed by atoms with E-state index in [2.05, 4.69) is 5.32 Å². The van der Waals surface area contributed by atoms with Crippen LogP contribution < -0.4 is 19.7 Å². The van der Waals surface area contributed by atoms with Gasteiger partial charge in [0.2, 0.25) is 18.6 Å². The van der Waals surface area contributed by atoms with Crippen molar-refractivity contribution in [3.8, 4) is 11.5 Å². The van der Waals surface area contributed by atoms with Crippen molar-refractivity contribution in [3.05, 3.63) is 30.4 Å². The molecule has 3 fully saturated rings. The lowest BCUT2D eigenvalue weighted by Crippen LogP contribution is -2.44. The fraction of sp³-hybridized carbons (Fsp3) is 0.474. The first kappa shape index (κ1) is 14.6. The lowest BCUT2D eigenvalue weighted by molar-refractivity contribution is -0.132. The van der Waals surface area contributed by atoms with E-state index in [1.165, 1.54) is 0 Å². The summed E-state index contributed by atoms with van der Waals surface area (Å²) in [6.07, 6.45) is 5.64. The Morgan fingerprint density at radius 2 is 2.08 bits per heavy atom. The van der Waals surface area contributed by atoms with Crippen LogP contribution in [0.5, 0.6) is 11.5 Å². The first-order valence-corrected chi connectivity index (χ1v) is 9.03. The molecular formula is C19H18N2O5. The van der Waals surface area contributed by atoms with Crippen LogP contribution in [0.3, 0.4) is 0 Å². The number of ether oxygens (including phenoxy) is 3. The summed E-state index contributed by atoms with van der Waals surface area (Å²) in [5.41, 5.74) is 0.0359. The molecule has 2 bridgehead atoms. The Morgan fingerprint density at radius 3 is 2.92 bits per heavy atom. The first-order chi connectivity index (χ1) is 12.6. The van der Waals surface area contributed by atoms with E-state index in [9.17, 15) is 9.59 Å². The SMILES string of the molecule is O=C(NC1CC1)[C@H]1[C@@H]2C=C[C@@]3(CN(c4ccc5c(c4)OCO5)C(=O)[C@@H]13)O2. The average Bonchev–Trinajstić information content (AvgIpc) is 3.02. The Kier molecular flexibility index (Phi) is 2.69. The second kappa shape index (κ2) is 4.79. The summed E-state index contributed by atoms with van der Waals surface area (Å²) in [6.45, 7) is 0.604. The van der Waals surface area contributed by atoms with Gasteiger partial charge in [0.15, 0.2) is 11.5 Å². The summed E-state index contributed by atoms with van der Waals surface area (Å²) in [6, 6.07) is 5.73. The van der Waals surface area contributed by atoms with E-state index in [1.54, 1.807) is 4.90 Å². The number of amides is 2. The predicted molar refractivity (Wildman–Crippen MR) is 89.8 cm³/mol. The Morgan fingerprint density at radius 1 is 1.23 bits per heavy atom. The maximum atomic E-state index is 13.2. The molecule has 1 N–H and O–H groups in total. The molecule has 1 aromatic rings. The average molecular weight is 354 g/mol. The summed E-state index contributed by atoms with van der Waals surface area (Å²) in [5.74, 6) is 0.265. The lowest BCUT2D eigenvalue weighted by atomic mass is 9.77. The molecule has 6 rings (SSSR count). The number of carbonyl (C=O) groups is 2. The normalized spacial score (nSPS) is 35.9. The Labute approximate surface area is 149 Å². The molecule has 1 aromatic carbocycles. The molecule has 5 aliphatic rings. The highest BCUT2D eigenvalue weighted by Crippen LogP contribution is 2.53. The minimum absolute atomic E-state index is 0.0605. The fourth-order valence-corrected chi connectivity index (χ4v) is 4.59. The largest absolute Gasteiger partial charge is 0.454 e. The van der Waals surface area contributed by atoms with Crippen molar-refractivity contribution in [3.63, 3.8) is 0 Å². The molecule has 0 radical (unpaired) electrons. The predicted octanol–water partition coefficient (Wildman–Crippen LogP) is 0.980. The highest BCUT2D eigenvalue weighted by Gasteiger charge is 2.67. The van der Waals surface area contributed by atoms with Gasteiger partial charge in [-0.15, -0.1) is 0 Å². The Hall–Kier alpha value is -2.54. The summed E-state index contributed by atoms with van der Waals surface area (Å²) in [4.78, 5) is 27.7. The van der Waals surface area contributed by atoms with Crippen molar-refractivity contribution < 1.29 is 23.8 Å². The van der Waals surface area contributed by atoms with Crippen molar-refractivity contribution in [2.45, 2.75) is 30.6 Å². The van der Waals surface area contributed by atoms with Crippen molar-refractivity contribution in [1.29, 1.82) is 0 Å². The summed E-state index contributed by atoms with van der Waals surface area (Å²) in [5, 5.41) is 3.04. The van der Waals surface area contributed by atoms with E-state index < -0.39 is 17.4 Å². The van der Waals surface area contributed by atoms with E-state index in [1.807, 2.05) is 30.4 Å². The molecule has 26 heavy (non-hydrogen) atoms. The zero-order chi connectivity index (χ0) is 17.5. The van der Waals surface area contributed by atoms with Gasteiger partial charge in [0.05, 0.1) is 24.5 Å². The minimum atomic E-state index is -0.705. The van der Waals surface area contributed by atoms with Gasteiger partial charge < -0.3 is 24.4 Å². The molecule has 4 aliphatic heterocycles. The molecule has 0 aromatic heterocycles.